The first-order valence-corrected chi connectivity index (χ1v) is 6.47. The number of nitro groups is 1. The van der Waals surface area contributed by atoms with Crippen LogP contribution in [0.15, 0.2) is 18.2 Å². The van der Waals surface area contributed by atoms with Crippen LogP contribution in [0.1, 0.15) is 25.3 Å². The first kappa shape index (κ1) is 13.8. The molecule has 0 saturated heterocycles. The van der Waals surface area contributed by atoms with Crippen molar-refractivity contribution >= 4 is 11.4 Å². The number of nitro benzene ring substituents is 1. The minimum atomic E-state index is -0.381. The predicted molar refractivity (Wildman–Crippen MR) is 74.6 cm³/mol. The normalized spacial score (nSPS) is 16.4. The monoisotopic (exact) mass is 264 g/mol. The Bertz CT molecular complexity index is 474. The summed E-state index contributed by atoms with van der Waals surface area (Å²) in [6.07, 6.45) is 2.56. The number of nitrogen functional groups attached to an aromatic ring is 1. The summed E-state index contributed by atoms with van der Waals surface area (Å²) in [5.41, 5.74) is 4.29. The molecule has 1 aromatic rings. The van der Waals surface area contributed by atoms with Gasteiger partial charge in [0, 0.05) is 24.7 Å². The predicted octanol–water partition coefficient (Wildman–Crippen LogP) is 2.11. The molecule has 3 N–H and O–H groups in total. The van der Waals surface area contributed by atoms with Crippen LogP contribution in [-0.2, 0) is 6.54 Å². The lowest BCUT2D eigenvalue weighted by Gasteiger charge is -2.25. The second-order valence-electron chi connectivity index (χ2n) is 5.24. The summed E-state index contributed by atoms with van der Waals surface area (Å²) in [4.78, 5) is 12.7. The van der Waals surface area contributed by atoms with Gasteiger partial charge in [-0.1, -0.05) is 0 Å². The number of benzene rings is 1. The minimum Gasteiger partial charge on any atom is -0.324 e. The Labute approximate surface area is 112 Å². The summed E-state index contributed by atoms with van der Waals surface area (Å²) < 4.78 is 0. The first-order valence-electron chi connectivity index (χ1n) is 6.47. The molecule has 0 bridgehead atoms. The molecule has 0 aliphatic heterocycles. The second kappa shape index (κ2) is 5.54. The number of nitrogens with one attached hydrogen (secondary N) is 1. The topological polar surface area (TPSA) is 84.4 Å². The van der Waals surface area contributed by atoms with E-state index in [-0.39, 0.29) is 10.6 Å². The molecule has 2 rings (SSSR count). The van der Waals surface area contributed by atoms with Crippen LogP contribution in [0.5, 0.6) is 0 Å². The largest absolute Gasteiger partial charge is 0.324 e. The van der Waals surface area contributed by atoms with Gasteiger partial charge >= 0.3 is 0 Å². The van der Waals surface area contributed by atoms with E-state index in [4.69, 9.17) is 5.84 Å². The summed E-state index contributed by atoms with van der Waals surface area (Å²) in [6, 6.07) is 5.20. The lowest BCUT2D eigenvalue weighted by Crippen LogP contribution is -2.30. The van der Waals surface area contributed by atoms with E-state index in [1.54, 1.807) is 12.1 Å². The zero-order valence-electron chi connectivity index (χ0n) is 11.3. The number of nitrogens with zero attached hydrogens (tertiary/aromatic N) is 2. The van der Waals surface area contributed by atoms with Crippen LogP contribution in [0.2, 0.25) is 0 Å². The summed E-state index contributed by atoms with van der Waals surface area (Å²) in [5, 5.41) is 10.8. The fourth-order valence-electron chi connectivity index (χ4n) is 2.32. The van der Waals surface area contributed by atoms with Gasteiger partial charge in [0.05, 0.1) is 10.6 Å². The Hall–Kier alpha value is -1.66. The molecule has 0 heterocycles. The summed E-state index contributed by atoms with van der Waals surface area (Å²) in [6.45, 7) is 2.85. The van der Waals surface area contributed by atoms with E-state index in [1.165, 1.54) is 18.9 Å². The summed E-state index contributed by atoms with van der Waals surface area (Å²) >= 11 is 0. The molecule has 19 heavy (non-hydrogen) atoms. The van der Waals surface area contributed by atoms with Crippen molar-refractivity contribution in [3.05, 3.63) is 33.9 Å². The minimum absolute atomic E-state index is 0.0986. The van der Waals surface area contributed by atoms with Crippen molar-refractivity contribution in [1.29, 1.82) is 0 Å². The Morgan fingerprint density at radius 2 is 2.26 bits per heavy atom. The third-order valence-electron chi connectivity index (χ3n) is 3.87. The molecule has 1 fully saturated rings. The molecule has 0 radical (unpaired) electrons. The van der Waals surface area contributed by atoms with E-state index >= 15 is 0 Å². The van der Waals surface area contributed by atoms with Gasteiger partial charge in [0.25, 0.3) is 5.69 Å². The standard InChI is InChI=1S/C13H20N4O2/c1-9(10-3-4-10)16(2)8-11-7-12(17(18)19)5-6-13(11)15-14/h5-7,9-10,15H,3-4,8,14H2,1-2H3. The van der Waals surface area contributed by atoms with Gasteiger partial charge < -0.3 is 5.43 Å². The van der Waals surface area contributed by atoms with Crippen LogP contribution in [0.4, 0.5) is 11.4 Å². The highest BCUT2D eigenvalue weighted by Crippen LogP contribution is 2.35. The zero-order valence-corrected chi connectivity index (χ0v) is 11.3. The van der Waals surface area contributed by atoms with Crippen LogP contribution in [-0.4, -0.2) is 22.9 Å². The van der Waals surface area contributed by atoms with E-state index in [2.05, 4.69) is 17.2 Å². The van der Waals surface area contributed by atoms with E-state index < -0.39 is 0 Å². The fourth-order valence-corrected chi connectivity index (χ4v) is 2.32. The molecular formula is C13H20N4O2. The zero-order chi connectivity index (χ0) is 14.0. The van der Waals surface area contributed by atoms with E-state index in [0.29, 0.717) is 12.6 Å². The van der Waals surface area contributed by atoms with Gasteiger partial charge in [-0.05, 0) is 44.4 Å². The van der Waals surface area contributed by atoms with Crippen molar-refractivity contribution < 1.29 is 4.92 Å². The Morgan fingerprint density at radius 1 is 1.58 bits per heavy atom. The Kier molecular flexibility index (Phi) is 4.01. The highest BCUT2D eigenvalue weighted by molar-refractivity contribution is 5.55. The quantitative estimate of drug-likeness (QED) is 0.467. The van der Waals surface area contributed by atoms with Crippen molar-refractivity contribution in [2.45, 2.75) is 32.4 Å². The number of hydrogen-bond acceptors (Lipinski definition) is 5. The molecular weight excluding hydrogens is 244 g/mol. The number of nitrogens with two attached hydrogens (primary N) is 1. The van der Waals surface area contributed by atoms with Crippen LogP contribution < -0.4 is 11.3 Å². The Morgan fingerprint density at radius 3 is 2.79 bits per heavy atom. The number of anilines is 1. The van der Waals surface area contributed by atoms with Crippen molar-refractivity contribution in [3.63, 3.8) is 0 Å². The molecule has 1 unspecified atom stereocenters. The smallest absolute Gasteiger partial charge is 0.269 e. The molecule has 6 nitrogen and oxygen atoms in total. The van der Waals surface area contributed by atoms with Crippen molar-refractivity contribution in [2.24, 2.45) is 11.8 Å². The fraction of sp³-hybridized carbons (Fsp3) is 0.538. The molecule has 0 aromatic heterocycles. The van der Waals surface area contributed by atoms with E-state index in [9.17, 15) is 10.1 Å². The SMILES string of the molecule is CC(C1CC1)N(C)Cc1cc([N+](=O)[O-])ccc1NN. The first-order chi connectivity index (χ1) is 9.02. The van der Waals surface area contributed by atoms with E-state index in [1.807, 2.05) is 7.05 Å². The maximum Gasteiger partial charge on any atom is 0.269 e. The van der Waals surface area contributed by atoms with Crippen molar-refractivity contribution in [3.8, 4) is 0 Å². The molecule has 1 aliphatic rings. The van der Waals surface area contributed by atoms with Crippen LogP contribution in [0.3, 0.4) is 0 Å². The van der Waals surface area contributed by atoms with Gasteiger partial charge in [-0.15, -0.1) is 0 Å². The lowest BCUT2D eigenvalue weighted by atomic mass is 10.1. The van der Waals surface area contributed by atoms with Crippen LogP contribution >= 0.6 is 0 Å². The third kappa shape index (κ3) is 3.21. The van der Waals surface area contributed by atoms with Gasteiger partial charge in [0.1, 0.15) is 0 Å². The van der Waals surface area contributed by atoms with Gasteiger partial charge in [-0.3, -0.25) is 20.9 Å². The Balaban J connectivity index is 2.16. The third-order valence-corrected chi connectivity index (χ3v) is 3.87. The average molecular weight is 264 g/mol. The van der Waals surface area contributed by atoms with Gasteiger partial charge in [-0.25, -0.2) is 0 Å². The number of rotatable bonds is 6. The molecule has 6 heteroatoms. The summed E-state index contributed by atoms with van der Waals surface area (Å²) in [5.74, 6) is 6.22. The molecule has 1 aromatic carbocycles. The molecule has 1 aliphatic carbocycles. The lowest BCUT2D eigenvalue weighted by molar-refractivity contribution is -0.384. The maximum atomic E-state index is 10.8. The van der Waals surface area contributed by atoms with E-state index in [0.717, 1.165) is 17.2 Å². The number of hydrogen-bond donors (Lipinski definition) is 2. The molecule has 1 saturated carbocycles. The van der Waals surface area contributed by atoms with Gasteiger partial charge in [0.2, 0.25) is 0 Å². The van der Waals surface area contributed by atoms with Crippen LogP contribution in [0.25, 0.3) is 0 Å². The van der Waals surface area contributed by atoms with Gasteiger partial charge in [0.15, 0.2) is 0 Å². The van der Waals surface area contributed by atoms with Crippen molar-refractivity contribution in [2.75, 3.05) is 12.5 Å². The highest BCUT2D eigenvalue weighted by Gasteiger charge is 2.30. The molecule has 0 spiro atoms. The average Bonchev–Trinajstić information content (AvgIpc) is 3.21. The van der Waals surface area contributed by atoms with Crippen LogP contribution in [0, 0.1) is 16.0 Å². The summed E-state index contributed by atoms with van der Waals surface area (Å²) in [7, 11) is 2.04. The molecule has 104 valence electrons. The highest BCUT2D eigenvalue weighted by atomic mass is 16.6. The second-order valence-corrected chi connectivity index (χ2v) is 5.24. The van der Waals surface area contributed by atoms with Crippen molar-refractivity contribution in [1.82, 2.24) is 4.90 Å². The maximum absolute atomic E-state index is 10.8. The number of hydrazine groups is 1. The molecule has 1 atom stereocenters. The molecule has 0 amide bonds. The van der Waals surface area contributed by atoms with Gasteiger partial charge in [-0.2, -0.15) is 0 Å². The number of non-ortho nitro benzene ring substituents is 1.